The average Bonchev–Trinajstić information content (AvgIpc) is 3.32. The molecule has 6 atom stereocenters. The molecule has 0 radical (unpaired) electrons. The summed E-state index contributed by atoms with van der Waals surface area (Å²) >= 11 is 1.18. The van der Waals surface area contributed by atoms with E-state index in [2.05, 4.69) is 20.9 Å². The number of ether oxygens (including phenoxy) is 2. The average molecular weight is 553 g/mol. The SMILES string of the molecule is CO[C@H](NC(C=O)[C@@H](N[C@@H](C)CCCC1=CC(=O)C(C)(O)C(O)=C1)OC)C(C=O)NC(=O)c1cnc(C)s1. The number of aromatic nitrogens is 1. The maximum Gasteiger partial charge on any atom is 0.263 e. The Morgan fingerprint density at radius 3 is 2.32 bits per heavy atom. The van der Waals surface area contributed by atoms with Gasteiger partial charge < -0.3 is 34.6 Å². The highest BCUT2D eigenvalue weighted by molar-refractivity contribution is 7.13. The molecule has 38 heavy (non-hydrogen) atoms. The van der Waals surface area contributed by atoms with Gasteiger partial charge in [-0.1, -0.05) is 0 Å². The van der Waals surface area contributed by atoms with Crippen molar-refractivity contribution in [2.75, 3.05) is 14.2 Å². The lowest BCUT2D eigenvalue weighted by Gasteiger charge is -2.31. The second kappa shape index (κ2) is 14.4. The number of amides is 1. The van der Waals surface area contributed by atoms with Gasteiger partial charge in [0.25, 0.3) is 5.91 Å². The molecule has 0 aliphatic heterocycles. The molecule has 1 aromatic heterocycles. The predicted molar refractivity (Wildman–Crippen MR) is 140 cm³/mol. The van der Waals surface area contributed by atoms with E-state index < -0.39 is 41.8 Å². The van der Waals surface area contributed by atoms with Gasteiger partial charge in [0.1, 0.15) is 47.7 Å². The molecule has 210 valence electrons. The van der Waals surface area contributed by atoms with Gasteiger partial charge in [-0.25, -0.2) is 4.98 Å². The van der Waals surface area contributed by atoms with Crippen LogP contribution in [0.25, 0.3) is 0 Å². The number of nitrogens with one attached hydrogen (secondary N) is 3. The van der Waals surface area contributed by atoms with Gasteiger partial charge in [-0.15, -0.1) is 11.3 Å². The zero-order valence-corrected chi connectivity index (χ0v) is 22.9. The van der Waals surface area contributed by atoms with E-state index in [1.807, 2.05) is 6.92 Å². The first-order chi connectivity index (χ1) is 18.0. The Labute approximate surface area is 225 Å². The number of carbonyl (C=O) groups is 4. The van der Waals surface area contributed by atoms with Crippen LogP contribution < -0.4 is 16.0 Å². The number of rotatable bonds is 16. The fourth-order valence-electron chi connectivity index (χ4n) is 3.81. The van der Waals surface area contributed by atoms with E-state index in [9.17, 15) is 29.4 Å². The number of aliphatic hydroxyl groups excluding tert-OH is 1. The number of allylic oxidation sites excluding steroid dienone is 2. The van der Waals surface area contributed by atoms with Gasteiger partial charge in [-0.2, -0.15) is 0 Å². The molecule has 3 unspecified atom stereocenters. The second-order valence-electron chi connectivity index (χ2n) is 9.17. The van der Waals surface area contributed by atoms with Gasteiger partial charge in [0.15, 0.2) is 11.4 Å². The Hall–Kier alpha value is -2.81. The normalized spacial score (nSPS) is 21.5. The predicted octanol–water partition coefficient (Wildman–Crippen LogP) is 0.701. The summed E-state index contributed by atoms with van der Waals surface area (Å²) in [6.07, 6.45) is 5.23. The first-order valence-corrected chi connectivity index (χ1v) is 12.9. The van der Waals surface area contributed by atoms with E-state index in [1.54, 1.807) is 6.92 Å². The van der Waals surface area contributed by atoms with E-state index in [1.165, 1.54) is 50.8 Å². The highest BCUT2D eigenvalue weighted by Gasteiger charge is 2.36. The fourth-order valence-corrected chi connectivity index (χ4v) is 4.49. The number of hydrogen-bond donors (Lipinski definition) is 5. The van der Waals surface area contributed by atoms with E-state index >= 15 is 0 Å². The van der Waals surface area contributed by atoms with Crippen LogP contribution in [0.5, 0.6) is 0 Å². The number of carbonyl (C=O) groups excluding carboxylic acids is 4. The van der Waals surface area contributed by atoms with Crippen LogP contribution in [0.1, 0.15) is 47.8 Å². The highest BCUT2D eigenvalue weighted by atomic mass is 32.1. The lowest BCUT2D eigenvalue weighted by Crippen LogP contribution is -2.60. The lowest BCUT2D eigenvalue weighted by atomic mass is 9.89. The van der Waals surface area contributed by atoms with Crippen molar-refractivity contribution < 1.29 is 38.9 Å². The van der Waals surface area contributed by atoms with Gasteiger partial charge in [-0.3, -0.25) is 20.2 Å². The Bertz CT molecular complexity index is 1050. The zero-order valence-electron chi connectivity index (χ0n) is 22.1. The van der Waals surface area contributed by atoms with Gasteiger partial charge >= 0.3 is 0 Å². The number of aryl methyl sites for hydroxylation is 1. The summed E-state index contributed by atoms with van der Waals surface area (Å²) < 4.78 is 10.8. The Balaban J connectivity index is 1.93. The number of thiazole rings is 1. The van der Waals surface area contributed by atoms with Gasteiger partial charge in [0.2, 0.25) is 0 Å². The number of hydrogen-bond acceptors (Lipinski definition) is 12. The highest BCUT2D eigenvalue weighted by Crippen LogP contribution is 2.25. The largest absolute Gasteiger partial charge is 0.509 e. The Morgan fingerprint density at radius 2 is 1.79 bits per heavy atom. The minimum atomic E-state index is -1.90. The summed E-state index contributed by atoms with van der Waals surface area (Å²) in [6, 6.07) is -2.15. The number of aliphatic hydroxyl groups is 2. The monoisotopic (exact) mass is 552 g/mol. The van der Waals surface area contributed by atoms with Crippen molar-refractivity contribution in [1.29, 1.82) is 0 Å². The topological polar surface area (TPSA) is 176 Å². The minimum Gasteiger partial charge on any atom is -0.509 e. The van der Waals surface area contributed by atoms with Crippen molar-refractivity contribution in [3.8, 4) is 0 Å². The molecule has 13 heteroatoms. The lowest BCUT2D eigenvalue weighted by molar-refractivity contribution is -0.130. The van der Waals surface area contributed by atoms with Crippen molar-refractivity contribution in [2.45, 2.75) is 76.2 Å². The standard InChI is InChI=1S/C25H36N4O8S/c1-14(7-6-8-16-9-20(32)25(3,35)21(33)10-16)27-23(36-4)18(13-31)29-24(37-5)17(12-30)28-22(34)19-11-26-15(2)38-19/h9-14,17-18,23-24,27,29,32,35H,6-8H2,1-5H3,(H,28,34)/t14-,17?,18?,23-,24-,25?/m0/s1. The van der Waals surface area contributed by atoms with Crippen molar-refractivity contribution in [3.05, 3.63) is 39.6 Å². The fraction of sp³-hybridized carbons (Fsp3) is 0.560. The molecular formula is C25H36N4O8S. The Kier molecular flexibility index (Phi) is 11.9. The number of ketones is 1. The van der Waals surface area contributed by atoms with E-state index in [0.29, 0.717) is 47.3 Å². The molecule has 12 nitrogen and oxygen atoms in total. The van der Waals surface area contributed by atoms with Crippen LogP contribution in [0, 0.1) is 6.92 Å². The van der Waals surface area contributed by atoms with Crippen LogP contribution in [0.3, 0.4) is 0 Å². The molecule has 1 aliphatic rings. The molecule has 1 aliphatic carbocycles. The molecular weight excluding hydrogens is 516 g/mol. The molecule has 2 rings (SSSR count). The maximum atomic E-state index is 12.5. The van der Waals surface area contributed by atoms with Gasteiger partial charge in [0.05, 0.1) is 11.2 Å². The molecule has 0 saturated carbocycles. The minimum absolute atomic E-state index is 0.123. The van der Waals surface area contributed by atoms with Crippen molar-refractivity contribution in [3.63, 3.8) is 0 Å². The van der Waals surface area contributed by atoms with Crippen LogP contribution in [-0.4, -0.2) is 89.9 Å². The van der Waals surface area contributed by atoms with E-state index in [0.717, 1.165) is 0 Å². The van der Waals surface area contributed by atoms with Crippen LogP contribution in [-0.2, 0) is 23.9 Å². The molecule has 1 heterocycles. The summed E-state index contributed by atoms with van der Waals surface area (Å²) in [6.45, 7) is 4.89. The van der Waals surface area contributed by atoms with Crippen molar-refractivity contribution in [1.82, 2.24) is 20.9 Å². The maximum absolute atomic E-state index is 12.5. The molecule has 0 fully saturated rings. The molecule has 0 bridgehead atoms. The summed E-state index contributed by atoms with van der Waals surface area (Å²) in [5.74, 6) is -1.45. The zero-order chi connectivity index (χ0) is 28.5. The first kappa shape index (κ1) is 31.4. The molecule has 0 spiro atoms. The summed E-state index contributed by atoms with van der Waals surface area (Å²) in [4.78, 5) is 52.5. The van der Waals surface area contributed by atoms with Crippen LogP contribution in [0.15, 0.2) is 29.7 Å². The van der Waals surface area contributed by atoms with Crippen LogP contribution in [0.2, 0.25) is 0 Å². The van der Waals surface area contributed by atoms with Gasteiger partial charge in [0, 0.05) is 20.3 Å². The molecule has 5 N–H and O–H groups in total. The van der Waals surface area contributed by atoms with Gasteiger partial charge in [-0.05, 0) is 57.8 Å². The van der Waals surface area contributed by atoms with E-state index in [4.69, 9.17) is 9.47 Å². The Morgan fingerprint density at radius 1 is 1.16 bits per heavy atom. The third-order valence-corrected chi connectivity index (χ3v) is 7.03. The first-order valence-electron chi connectivity index (χ1n) is 12.1. The summed E-state index contributed by atoms with van der Waals surface area (Å²) in [5.41, 5.74) is -1.28. The molecule has 0 aromatic carbocycles. The second-order valence-corrected chi connectivity index (χ2v) is 10.4. The third-order valence-electron chi connectivity index (χ3n) is 6.12. The van der Waals surface area contributed by atoms with Crippen molar-refractivity contribution in [2.24, 2.45) is 0 Å². The van der Waals surface area contributed by atoms with Crippen LogP contribution in [0.4, 0.5) is 0 Å². The molecule has 1 aromatic rings. The van der Waals surface area contributed by atoms with Crippen molar-refractivity contribution >= 4 is 35.6 Å². The number of aldehydes is 2. The summed E-state index contributed by atoms with van der Waals surface area (Å²) in [7, 11) is 2.76. The summed E-state index contributed by atoms with van der Waals surface area (Å²) in [5, 5.41) is 29.2. The number of nitrogens with zero attached hydrogens (tertiary/aromatic N) is 1. The molecule has 1 amide bonds. The smallest absolute Gasteiger partial charge is 0.263 e. The van der Waals surface area contributed by atoms with E-state index in [-0.39, 0.29) is 11.8 Å². The quantitative estimate of drug-likeness (QED) is 0.144. The molecule has 0 saturated heterocycles. The third kappa shape index (κ3) is 8.35. The number of methoxy groups -OCH3 is 2. The van der Waals surface area contributed by atoms with Crippen LogP contribution >= 0.6 is 11.3 Å².